The van der Waals surface area contributed by atoms with Gasteiger partial charge in [-0.25, -0.2) is 0 Å². The lowest BCUT2D eigenvalue weighted by Crippen LogP contribution is -2.24. The number of aromatic nitrogens is 1. The normalized spacial score (nSPS) is 10.9. The molecule has 0 amide bonds. The lowest BCUT2D eigenvalue weighted by molar-refractivity contribution is 0.328. The summed E-state index contributed by atoms with van der Waals surface area (Å²) in [4.78, 5) is 12.4. The number of rotatable bonds is 4. The number of nitrogens with zero attached hydrogens (tertiary/aromatic N) is 1. The first kappa shape index (κ1) is 14.0. The molecule has 5 heteroatoms. The molecule has 20 heavy (non-hydrogen) atoms. The molecule has 0 atom stereocenters. The molecule has 2 N–H and O–H groups in total. The van der Waals surface area contributed by atoms with Gasteiger partial charge >= 0.3 is 0 Å². The van der Waals surface area contributed by atoms with Crippen molar-refractivity contribution < 1.29 is 14.9 Å². The third kappa shape index (κ3) is 2.22. The van der Waals surface area contributed by atoms with Crippen LogP contribution in [0.1, 0.15) is 19.9 Å². The van der Waals surface area contributed by atoms with E-state index in [0.29, 0.717) is 10.9 Å². The number of pyridine rings is 1. The Morgan fingerprint density at radius 1 is 1.40 bits per heavy atom. The fourth-order valence-electron chi connectivity index (χ4n) is 2.15. The summed E-state index contributed by atoms with van der Waals surface area (Å²) in [5.74, 6) is -0.286. The molecule has 0 unspecified atom stereocenters. The molecule has 2 aromatic rings. The van der Waals surface area contributed by atoms with Crippen molar-refractivity contribution in [2.75, 3.05) is 6.61 Å². The van der Waals surface area contributed by atoms with Crippen LogP contribution in [0.2, 0.25) is 0 Å². The zero-order valence-electron chi connectivity index (χ0n) is 11.5. The number of benzene rings is 1. The van der Waals surface area contributed by atoms with Crippen LogP contribution in [0.3, 0.4) is 0 Å². The molecule has 1 heterocycles. The summed E-state index contributed by atoms with van der Waals surface area (Å²) in [6.07, 6.45) is 1.50. The monoisotopic (exact) mass is 275 g/mol. The van der Waals surface area contributed by atoms with Crippen LogP contribution in [0.15, 0.2) is 35.6 Å². The maximum Gasteiger partial charge on any atom is 0.297 e. The molecule has 0 aliphatic rings. The maximum absolute atomic E-state index is 12.4. The molecule has 0 saturated carbocycles. The van der Waals surface area contributed by atoms with Gasteiger partial charge in [-0.2, -0.15) is 0 Å². The molecule has 0 radical (unpaired) electrons. The molecular weight excluding hydrogens is 258 g/mol. The molecule has 1 aromatic heterocycles. The Morgan fingerprint density at radius 2 is 2.10 bits per heavy atom. The summed E-state index contributed by atoms with van der Waals surface area (Å²) >= 11 is 0. The maximum atomic E-state index is 12.4. The highest BCUT2D eigenvalue weighted by molar-refractivity contribution is 5.88. The molecule has 0 fully saturated rings. The van der Waals surface area contributed by atoms with E-state index in [0.717, 1.165) is 0 Å². The van der Waals surface area contributed by atoms with Gasteiger partial charge in [0, 0.05) is 17.5 Å². The number of aromatic hydroxyl groups is 2. The molecule has 0 saturated heterocycles. The summed E-state index contributed by atoms with van der Waals surface area (Å²) in [6, 6.07) is 4.32. The molecule has 2 rings (SSSR count). The summed E-state index contributed by atoms with van der Waals surface area (Å²) in [5, 5.41) is 20.2. The van der Waals surface area contributed by atoms with E-state index in [4.69, 9.17) is 4.74 Å². The van der Waals surface area contributed by atoms with Gasteiger partial charge in [0.2, 0.25) is 5.75 Å². The van der Waals surface area contributed by atoms with Crippen LogP contribution in [0.25, 0.3) is 10.9 Å². The minimum Gasteiger partial charge on any atom is -0.508 e. The van der Waals surface area contributed by atoms with E-state index in [9.17, 15) is 15.0 Å². The Hall–Kier alpha value is -2.43. The molecule has 0 bridgehead atoms. The third-order valence-electron chi connectivity index (χ3n) is 2.99. The highest BCUT2D eigenvalue weighted by Crippen LogP contribution is 2.34. The Bertz CT molecular complexity index is 716. The van der Waals surface area contributed by atoms with E-state index >= 15 is 0 Å². The number of fused-ring (bicyclic) bond motifs is 1. The van der Waals surface area contributed by atoms with Crippen molar-refractivity contribution >= 4 is 10.9 Å². The molecule has 0 aliphatic heterocycles. The molecule has 1 aromatic carbocycles. The second-order valence-electron chi connectivity index (χ2n) is 4.75. The first-order valence-corrected chi connectivity index (χ1v) is 6.31. The van der Waals surface area contributed by atoms with Crippen molar-refractivity contribution in [3.63, 3.8) is 0 Å². The molecule has 106 valence electrons. The Kier molecular flexibility index (Phi) is 3.70. The van der Waals surface area contributed by atoms with Crippen LogP contribution in [0.4, 0.5) is 0 Å². The van der Waals surface area contributed by atoms with Crippen LogP contribution in [0.5, 0.6) is 17.2 Å². The van der Waals surface area contributed by atoms with Crippen LogP contribution in [0, 0.1) is 0 Å². The third-order valence-corrected chi connectivity index (χ3v) is 2.99. The van der Waals surface area contributed by atoms with Gasteiger partial charge in [0.1, 0.15) is 12.4 Å². The van der Waals surface area contributed by atoms with E-state index in [1.807, 2.05) is 13.8 Å². The summed E-state index contributed by atoms with van der Waals surface area (Å²) in [5.41, 5.74) is 0.0332. The van der Waals surface area contributed by atoms with Crippen molar-refractivity contribution in [2.24, 2.45) is 0 Å². The second-order valence-corrected chi connectivity index (χ2v) is 4.75. The molecular formula is C15H17NO4. The smallest absolute Gasteiger partial charge is 0.297 e. The van der Waals surface area contributed by atoms with Crippen molar-refractivity contribution in [1.82, 2.24) is 4.57 Å². The molecule has 5 nitrogen and oxygen atoms in total. The van der Waals surface area contributed by atoms with Gasteiger partial charge in [0.15, 0.2) is 5.75 Å². The highest BCUT2D eigenvalue weighted by atomic mass is 16.5. The van der Waals surface area contributed by atoms with Crippen LogP contribution in [-0.2, 0) is 0 Å². The summed E-state index contributed by atoms with van der Waals surface area (Å²) < 4.78 is 6.76. The van der Waals surface area contributed by atoms with Crippen LogP contribution < -0.4 is 10.3 Å². The van der Waals surface area contributed by atoms with E-state index in [2.05, 4.69) is 6.58 Å². The summed E-state index contributed by atoms with van der Waals surface area (Å²) in [6.45, 7) is 7.34. The van der Waals surface area contributed by atoms with Gasteiger partial charge in [-0.1, -0.05) is 12.7 Å². The molecule has 0 spiro atoms. The Morgan fingerprint density at radius 3 is 2.70 bits per heavy atom. The van der Waals surface area contributed by atoms with Crippen LogP contribution in [-0.4, -0.2) is 21.4 Å². The molecule has 0 aliphatic carbocycles. The number of phenolic OH excluding ortho intramolecular Hbond substituents is 1. The van der Waals surface area contributed by atoms with Gasteiger partial charge in [0.05, 0.1) is 5.52 Å². The number of ether oxygens (including phenoxy) is 1. The fraction of sp³-hybridized carbons (Fsp3) is 0.267. The van der Waals surface area contributed by atoms with Gasteiger partial charge in [-0.15, -0.1) is 0 Å². The van der Waals surface area contributed by atoms with Gasteiger partial charge < -0.3 is 19.5 Å². The van der Waals surface area contributed by atoms with Crippen molar-refractivity contribution in [3.8, 4) is 17.2 Å². The average Bonchev–Trinajstić information content (AvgIpc) is 2.38. The number of hydrogen-bond donors (Lipinski definition) is 2. The van der Waals surface area contributed by atoms with Gasteiger partial charge in [0.25, 0.3) is 5.56 Å². The minimum absolute atomic E-state index is 0.0328. The topological polar surface area (TPSA) is 71.7 Å². The zero-order chi connectivity index (χ0) is 14.9. The Balaban J connectivity index is 2.86. The Labute approximate surface area is 116 Å². The van der Waals surface area contributed by atoms with E-state index in [1.54, 1.807) is 6.07 Å². The predicted octanol–water partition coefficient (Wildman–Crippen LogP) is 2.56. The van der Waals surface area contributed by atoms with Gasteiger partial charge in [-0.05, 0) is 26.0 Å². The fourth-order valence-corrected chi connectivity index (χ4v) is 2.15. The zero-order valence-corrected chi connectivity index (χ0v) is 11.5. The van der Waals surface area contributed by atoms with Crippen molar-refractivity contribution in [3.05, 3.63) is 41.2 Å². The van der Waals surface area contributed by atoms with E-state index < -0.39 is 5.56 Å². The van der Waals surface area contributed by atoms with Crippen molar-refractivity contribution in [1.29, 1.82) is 0 Å². The van der Waals surface area contributed by atoms with E-state index in [-0.39, 0.29) is 29.9 Å². The van der Waals surface area contributed by atoms with E-state index in [1.165, 1.54) is 22.8 Å². The standard InChI is InChI=1S/C15H17NO4/c1-4-7-20-14-13(18)11-6-5-10(17)8-12(11)16(9(2)3)15(14)19/h4-6,8-9,17-18H,1,7H2,2-3H3. The predicted molar refractivity (Wildman–Crippen MR) is 77.6 cm³/mol. The lowest BCUT2D eigenvalue weighted by Gasteiger charge is -2.17. The summed E-state index contributed by atoms with van der Waals surface area (Å²) in [7, 11) is 0. The van der Waals surface area contributed by atoms with Crippen LogP contribution >= 0.6 is 0 Å². The average molecular weight is 275 g/mol. The van der Waals surface area contributed by atoms with Gasteiger partial charge in [-0.3, -0.25) is 4.79 Å². The SMILES string of the molecule is C=CCOc1c(O)c2ccc(O)cc2n(C(C)C)c1=O. The lowest BCUT2D eigenvalue weighted by atomic mass is 10.1. The first-order chi connectivity index (χ1) is 9.47. The highest BCUT2D eigenvalue weighted by Gasteiger charge is 2.19. The minimum atomic E-state index is -0.433. The quantitative estimate of drug-likeness (QED) is 0.841. The largest absolute Gasteiger partial charge is 0.508 e. The second kappa shape index (κ2) is 5.28. The number of hydrogen-bond acceptors (Lipinski definition) is 4. The van der Waals surface area contributed by atoms with Crippen molar-refractivity contribution in [2.45, 2.75) is 19.9 Å². The first-order valence-electron chi connectivity index (χ1n) is 6.31. The number of phenols is 1.